The van der Waals surface area contributed by atoms with E-state index in [1.807, 2.05) is 0 Å². The molecular formula is C13H18ClNO4S2. The van der Waals surface area contributed by atoms with Crippen LogP contribution in [-0.2, 0) is 31.5 Å². The third kappa shape index (κ3) is 4.67. The molecule has 0 amide bonds. The number of sulfonamides is 1. The van der Waals surface area contributed by atoms with Crippen molar-refractivity contribution in [2.45, 2.75) is 18.1 Å². The van der Waals surface area contributed by atoms with E-state index in [2.05, 4.69) is 0 Å². The predicted molar refractivity (Wildman–Crippen MR) is 83.5 cm³/mol. The van der Waals surface area contributed by atoms with Gasteiger partial charge in [0.1, 0.15) is 0 Å². The van der Waals surface area contributed by atoms with E-state index >= 15 is 0 Å². The van der Waals surface area contributed by atoms with Crippen molar-refractivity contribution in [1.82, 2.24) is 4.31 Å². The summed E-state index contributed by atoms with van der Waals surface area (Å²) in [5.41, 5.74) is 1.61. The minimum absolute atomic E-state index is 0.0461. The summed E-state index contributed by atoms with van der Waals surface area (Å²) in [6, 6.07) is 7.07. The van der Waals surface area contributed by atoms with Gasteiger partial charge in [0.05, 0.1) is 17.3 Å². The molecule has 0 aliphatic carbocycles. The van der Waals surface area contributed by atoms with Crippen LogP contribution in [0.2, 0.25) is 0 Å². The van der Waals surface area contributed by atoms with Crippen molar-refractivity contribution in [3.05, 3.63) is 35.4 Å². The van der Waals surface area contributed by atoms with Gasteiger partial charge in [-0.25, -0.2) is 21.1 Å². The highest BCUT2D eigenvalue weighted by Gasteiger charge is 2.27. The molecule has 1 aromatic rings. The minimum Gasteiger partial charge on any atom is -0.229 e. The van der Waals surface area contributed by atoms with E-state index in [1.54, 1.807) is 24.3 Å². The van der Waals surface area contributed by atoms with Crippen LogP contribution in [-0.4, -0.2) is 45.7 Å². The summed E-state index contributed by atoms with van der Waals surface area (Å²) in [7, 11) is -6.61. The number of alkyl halides is 1. The third-order valence-electron chi connectivity index (χ3n) is 3.43. The Morgan fingerprint density at radius 2 is 1.67 bits per heavy atom. The zero-order chi connectivity index (χ0) is 15.5. The van der Waals surface area contributed by atoms with Crippen molar-refractivity contribution >= 4 is 31.5 Å². The quantitative estimate of drug-likeness (QED) is 0.768. The molecule has 0 unspecified atom stereocenters. The topological polar surface area (TPSA) is 71.5 Å². The third-order valence-corrected chi connectivity index (χ3v) is 7.31. The van der Waals surface area contributed by atoms with Gasteiger partial charge in [-0.1, -0.05) is 24.3 Å². The Morgan fingerprint density at radius 1 is 1.05 bits per heavy atom. The van der Waals surface area contributed by atoms with E-state index in [0.717, 1.165) is 5.56 Å². The van der Waals surface area contributed by atoms with Crippen LogP contribution in [0.1, 0.15) is 17.5 Å². The Bertz CT molecular complexity index is 683. The molecule has 8 heteroatoms. The maximum absolute atomic E-state index is 12.4. The molecule has 1 fully saturated rings. The van der Waals surface area contributed by atoms with E-state index in [1.165, 1.54) is 4.31 Å². The smallest absolute Gasteiger partial charge is 0.218 e. The molecule has 0 N–H and O–H groups in total. The van der Waals surface area contributed by atoms with Gasteiger partial charge in [-0.3, -0.25) is 0 Å². The van der Waals surface area contributed by atoms with Gasteiger partial charge < -0.3 is 0 Å². The van der Waals surface area contributed by atoms with Crippen LogP contribution in [0, 0.1) is 0 Å². The lowest BCUT2D eigenvalue weighted by Gasteiger charge is -2.19. The van der Waals surface area contributed by atoms with Crippen molar-refractivity contribution in [2.75, 3.05) is 24.6 Å². The predicted octanol–water partition coefficient (Wildman–Crippen LogP) is 1.38. The fourth-order valence-electron chi connectivity index (χ4n) is 2.22. The number of hydrogen-bond donors (Lipinski definition) is 0. The van der Waals surface area contributed by atoms with Crippen molar-refractivity contribution in [3.8, 4) is 0 Å². The minimum atomic E-state index is -3.49. The Morgan fingerprint density at radius 3 is 2.29 bits per heavy atom. The summed E-state index contributed by atoms with van der Waals surface area (Å²) in [5.74, 6) is 0.230. The largest absolute Gasteiger partial charge is 0.229 e. The van der Waals surface area contributed by atoms with Crippen molar-refractivity contribution in [1.29, 1.82) is 0 Å². The van der Waals surface area contributed by atoms with Crippen molar-refractivity contribution in [2.24, 2.45) is 0 Å². The Labute approximate surface area is 130 Å². The summed E-state index contributed by atoms with van der Waals surface area (Å²) in [5, 5.41) is 0. The molecule has 0 bridgehead atoms. The molecule has 0 aromatic heterocycles. The summed E-state index contributed by atoms with van der Waals surface area (Å²) >= 11 is 5.70. The molecule has 2 rings (SSSR count). The number of rotatable bonds is 4. The van der Waals surface area contributed by atoms with Crippen LogP contribution in [0.5, 0.6) is 0 Å². The first-order valence-electron chi connectivity index (χ1n) is 6.64. The number of sulfone groups is 1. The van der Waals surface area contributed by atoms with Gasteiger partial charge in [0.2, 0.25) is 10.0 Å². The molecule has 0 atom stereocenters. The lowest BCUT2D eigenvalue weighted by atomic mass is 10.2. The van der Waals surface area contributed by atoms with Gasteiger partial charge in [0, 0.05) is 19.0 Å². The monoisotopic (exact) mass is 351 g/mol. The second-order valence-electron chi connectivity index (χ2n) is 5.11. The number of benzene rings is 1. The fraction of sp³-hybridized carbons (Fsp3) is 0.538. The van der Waals surface area contributed by atoms with Crippen LogP contribution in [0.15, 0.2) is 24.3 Å². The Balaban J connectivity index is 2.10. The van der Waals surface area contributed by atoms with Crippen LogP contribution >= 0.6 is 11.6 Å². The van der Waals surface area contributed by atoms with E-state index in [4.69, 9.17) is 11.6 Å². The van der Waals surface area contributed by atoms with E-state index in [9.17, 15) is 16.8 Å². The number of halogens is 1. The normalized spacial score (nSPS) is 20.0. The molecule has 1 heterocycles. The molecule has 1 aliphatic heterocycles. The average molecular weight is 352 g/mol. The van der Waals surface area contributed by atoms with Crippen molar-refractivity contribution < 1.29 is 16.8 Å². The van der Waals surface area contributed by atoms with Crippen LogP contribution in [0.25, 0.3) is 0 Å². The van der Waals surface area contributed by atoms with Gasteiger partial charge in [-0.15, -0.1) is 11.6 Å². The highest BCUT2D eigenvalue weighted by Crippen LogP contribution is 2.16. The van der Waals surface area contributed by atoms with Crippen LogP contribution in [0.3, 0.4) is 0 Å². The molecule has 0 spiro atoms. The molecule has 0 radical (unpaired) electrons. The molecule has 118 valence electrons. The Kier molecular flexibility index (Phi) is 5.29. The summed E-state index contributed by atoms with van der Waals surface area (Å²) in [6.07, 6.45) is 0.354. The van der Waals surface area contributed by atoms with E-state index < -0.39 is 19.9 Å². The summed E-state index contributed by atoms with van der Waals surface area (Å²) in [4.78, 5) is 0. The standard InChI is InChI=1S/C13H18ClNO4S2/c14-10-12-2-4-13(5-3-12)11-21(18,19)15-6-1-8-20(16,17)9-7-15/h2-5H,1,6-11H2. The zero-order valence-electron chi connectivity index (χ0n) is 11.5. The second kappa shape index (κ2) is 6.64. The fourth-order valence-corrected chi connectivity index (χ4v) is 5.36. The van der Waals surface area contributed by atoms with Gasteiger partial charge >= 0.3 is 0 Å². The van der Waals surface area contributed by atoms with Gasteiger partial charge in [-0.05, 0) is 17.5 Å². The Hall–Kier alpha value is -0.630. The number of hydrogen-bond acceptors (Lipinski definition) is 4. The first-order valence-corrected chi connectivity index (χ1v) is 10.6. The maximum atomic E-state index is 12.4. The van der Waals surface area contributed by atoms with Gasteiger partial charge in [0.15, 0.2) is 9.84 Å². The highest BCUT2D eigenvalue weighted by molar-refractivity contribution is 7.91. The maximum Gasteiger partial charge on any atom is 0.218 e. The zero-order valence-corrected chi connectivity index (χ0v) is 13.9. The van der Waals surface area contributed by atoms with Crippen LogP contribution < -0.4 is 0 Å². The lowest BCUT2D eigenvalue weighted by molar-refractivity contribution is 0.434. The van der Waals surface area contributed by atoms with E-state index in [0.29, 0.717) is 17.9 Å². The van der Waals surface area contributed by atoms with Gasteiger partial charge in [0.25, 0.3) is 0 Å². The molecular weight excluding hydrogens is 334 g/mol. The summed E-state index contributed by atoms with van der Waals surface area (Å²) < 4.78 is 49.1. The summed E-state index contributed by atoms with van der Waals surface area (Å²) in [6.45, 7) is 0.311. The van der Waals surface area contributed by atoms with Crippen LogP contribution in [0.4, 0.5) is 0 Å². The second-order valence-corrected chi connectivity index (χ2v) is 9.65. The SMILES string of the molecule is O=S1(=O)CCCN(S(=O)(=O)Cc2ccc(CCl)cc2)CC1. The van der Waals surface area contributed by atoms with E-state index in [-0.39, 0.29) is 30.3 Å². The molecule has 5 nitrogen and oxygen atoms in total. The molecule has 21 heavy (non-hydrogen) atoms. The molecule has 1 aromatic carbocycles. The first kappa shape index (κ1) is 16.7. The van der Waals surface area contributed by atoms with Gasteiger partial charge in [-0.2, -0.15) is 0 Å². The highest BCUT2D eigenvalue weighted by atomic mass is 35.5. The van der Waals surface area contributed by atoms with Crippen molar-refractivity contribution in [3.63, 3.8) is 0 Å². The average Bonchev–Trinajstić information content (AvgIpc) is 2.60. The first-order chi connectivity index (χ1) is 9.82. The molecule has 1 aliphatic rings. The molecule has 0 saturated carbocycles. The number of nitrogens with zero attached hydrogens (tertiary/aromatic N) is 1. The lowest BCUT2D eigenvalue weighted by Crippen LogP contribution is -2.34. The molecule has 1 saturated heterocycles.